The van der Waals surface area contributed by atoms with Gasteiger partial charge in [0.25, 0.3) is 0 Å². The number of benzene rings is 2. The standard InChI is InChI=1S/C25H34N4O4/c1-5-31-14-15-32-25-27-24(20-8-6-19(4)7-9-20)29(28-25)22-12-10-21(11-13-22)26-16-23(30)17-33-18(2)3/h6-13,18,23,26,30H,5,14-17H2,1-4H3. The average Bonchev–Trinajstić information content (AvgIpc) is 3.24. The Kier molecular flexibility index (Phi) is 9.24. The van der Waals surface area contributed by atoms with Gasteiger partial charge < -0.3 is 24.6 Å². The first-order valence-corrected chi connectivity index (χ1v) is 11.3. The van der Waals surface area contributed by atoms with Gasteiger partial charge >= 0.3 is 6.01 Å². The van der Waals surface area contributed by atoms with Crippen molar-refractivity contribution in [1.29, 1.82) is 0 Å². The van der Waals surface area contributed by atoms with Gasteiger partial charge in [-0.25, -0.2) is 4.68 Å². The predicted octanol–water partition coefficient (Wildman–Crippen LogP) is 3.86. The molecule has 1 heterocycles. The number of hydrogen-bond donors (Lipinski definition) is 2. The molecule has 0 saturated carbocycles. The van der Waals surface area contributed by atoms with E-state index in [-0.39, 0.29) is 6.10 Å². The summed E-state index contributed by atoms with van der Waals surface area (Å²) in [7, 11) is 0. The molecule has 0 bridgehead atoms. The van der Waals surface area contributed by atoms with Crippen LogP contribution in [0.4, 0.5) is 5.69 Å². The summed E-state index contributed by atoms with van der Waals surface area (Å²) in [6.07, 6.45) is -0.482. The zero-order valence-electron chi connectivity index (χ0n) is 19.8. The van der Waals surface area contributed by atoms with Crippen LogP contribution < -0.4 is 10.1 Å². The molecule has 3 rings (SSSR count). The Morgan fingerprint density at radius 3 is 2.42 bits per heavy atom. The number of ether oxygens (including phenoxy) is 3. The SMILES string of the molecule is CCOCCOc1nc(-c2ccc(C)cc2)n(-c2ccc(NCC(O)COC(C)C)cc2)n1. The van der Waals surface area contributed by atoms with E-state index >= 15 is 0 Å². The number of aliphatic hydroxyl groups excluding tert-OH is 1. The first-order chi connectivity index (χ1) is 16.0. The molecule has 0 aliphatic carbocycles. The van der Waals surface area contributed by atoms with Gasteiger partial charge in [0.1, 0.15) is 6.61 Å². The maximum absolute atomic E-state index is 10.0. The molecule has 178 valence electrons. The highest BCUT2D eigenvalue weighted by atomic mass is 16.5. The molecule has 1 unspecified atom stereocenters. The number of nitrogens with one attached hydrogen (secondary N) is 1. The van der Waals surface area contributed by atoms with Gasteiger partial charge in [-0.15, -0.1) is 5.10 Å². The third-order valence-corrected chi connectivity index (χ3v) is 4.84. The topological polar surface area (TPSA) is 90.7 Å². The molecule has 0 radical (unpaired) electrons. The summed E-state index contributed by atoms with van der Waals surface area (Å²) in [6, 6.07) is 16.2. The van der Waals surface area contributed by atoms with Gasteiger partial charge in [0, 0.05) is 24.4 Å². The lowest BCUT2D eigenvalue weighted by Gasteiger charge is -2.15. The molecule has 0 spiro atoms. The molecule has 3 aromatic rings. The number of anilines is 1. The minimum Gasteiger partial charge on any atom is -0.460 e. The Morgan fingerprint density at radius 1 is 1.03 bits per heavy atom. The maximum Gasteiger partial charge on any atom is 0.336 e. The second kappa shape index (κ2) is 12.3. The summed E-state index contributed by atoms with van der Waals surface area (Å²) in [5.41, 5.74) is 3.87. The van der Waals surface area contributed by atoms with Crippen LogP contribution in [0, 0.1) is 6.92 Å². The monoisotopic (exact) mass is 454 g/mol. The zero-order valence-corrected chi connectivity index (χ0v) is 19.8. The van der Waals surface area contributed by atoms with Crippen LogP contribution in [-0.2, 0) is 9.47 Å². The molecular weight excluding hydrogens is 420 g/mol. The summed E-state index contributed by atoms with van der Waals surface area (Å²) >= 11 is 0. The van der Waals surface area contributed by atoms with Gasteiger partial charge in [0.05, 0.1) is 31.1 Å². The summed E-state index contributed by atoms with van der Waals surface area (Å²) in [5.74, 6) is 0.698. The molecule has 2 aromatic carbocycles. The van der Waals surface area contributed by atoms with Crippen LogP contribution in [0.25, 0.3) is 17.1 Å². The van der Waals surface area contributed by atoms with Crippen molar-refractivity contribution in [2.45, 2.75) is 39.9 Å². The molecule has 0 saturated heterocycles. The number of hydrogen-bond acceptors (Lipinski definition) is 7. The lowest BCUT2D eigenvalue weighted by atomic mass is 10.1. The second-order valence-corrected chi connectivity index (χ2v) is 8.00. The van der Waals surface area contributed by atoms with Gasteiger partial charge in [-0.1, -0.05) is 29.8 Å². The molecular formula is C25H34N4O4. The van der Waals surface area contributed by atoms with Crippen LogP contribution in [0.15, 0.2) is 48.5 Å². The molecule has 2 N–H and O–H groups in total. The van der Waals surface area contributed by atoms with Crippen molar-refractivity contribution in [2.75, 3.05) is 38.3 Å². The van der Waals surface area contributed by atoms with E-state index in [1.807, 2.05) is 76.2 Å². The molecule has 1 aromatic heterocycles. The van der Waals surface area contributed by atoms with Crippen LogP contribution in [0.5, 0.6) is 6.01 Å². The van der Waals surface area contributed by atoms with Crippen molar-refractivity contribution in [2.24, 2.45) is 0 Å². The van der Waals surface area contributed by atoms with Gasteiger partial charge in [-0.2, -0.15) is 4.98 Å². The normalized spacial score (nSPS) is 12.2. The largest absolute Gasteiger partial charge is 0.460 e. The summed E-state index contributed by atoms with van der Waals surface area (Å²) in [4.78, 5) is 4.61. The number of aryl methyl sites for hydroxylation is 1. The number of rotatable bonds is 13. The summed E-state index contributed by atoms with van der Waals surface area (Å²) in [5, 5.41) is 17.9. The Morgan fingerprint density at radius 2 is 1.76 bits per heavy atom. The smallest absolute Gasteiger partial charge is 0.336 e. The molecule has 0 fully saturated rings. The van der Waals surface area contributed by atoms with Crippen LogP contribution in [0.1, 0.15) is 26.3 Å². The Labute approximate surface area is 195 Å². The summed E-state index contributed by atoms with van der Waals surface area (Å²) < 4.78 is 18.3. The van der Waals surface area contributed by atoms with E-state index in [0.29, 0.717) is 44.8 Å². The van der Waals surface area contributed by atoms with Crippen molar-refractivity contribution in [1.82, 2.24) is 14.8 Å². The molecule has 0 aliphatic rings. The van der Waals surface area contributed by atoms with Crippen LogP contribution in [0.3, 0.4) is 0 Å². The van der Waals surface area contributed by atoms with Gasteiger partial charge in [-0.3, -0.25) is 0 Å². The third kappa shape index (κ3) is 7.56. The lowest BCUT2D eigenvalue weighted by Crippen LogP contribution is -2.26. The molecule has 1 atom stereocenters. The van der Waals surface area contributed by atoms with E-state index in [4.69, 9.17) is 14.2 Å². The highest BCUT2D eigenvalue weighted by Crippen LogP contribution is 2.25. The number of aromatic nitrogens is 3. The molecule has 33 heavy (non-hydrogen) atoms. The highest BCUT2D eigenvalue weighted by molar-refractivity contribution is 5.60. The summed E-state index contributed by atoms with van der Waals surface area (Å²) in [6.45, 7) is 10.1. The van der Waals surface area contributed by atoms with Crippen molar-refractivity contribution >= 4 is 5.69 Å². The van der Waals surface area contributed by atoms with E-state index in [1.54, 1.807) is 4.68 Å². The fraction of sp³-hybridized carbons (Fsp3) is 0.440. The molecule has 8 heteroatoms. The first-order valence-electron chi connectivity index (χ1n) is 11.3. The van der Waals surface area contributed by atoms with Gasteiger partial charge in [0.2, 0.25) is 0 Å². The average molecular weight is 455 g/mol. The van der Waals surface area contributed by atoms with E-state index < -0.39 is 6.10 Å². The van der Waals surface area contributed by atoms with Crippen LogP contribution in [0.2, 0.25) is 0 Å². The molecule has 8 nitrogen and oxygen atoms in total. The minimum absolute atomic E-state index is 0.0948. The van der Waals surface area contributed by atoms with Crippen LogP contribution in [-0.4, -0.2) is 65.1 Å². The Balaban J connectivity index is 1.74. The van der Waals surface area contributed by atoms with E-state index in [0.717, 1.165) is 16.9 Å². The molecule has 0 aliphatic heterocycles. The minimum atomic E-state index is -0.577. The van der Waals surface area contributed by atoms with Crippen molar-refractivity contribution in [3.05, 3.63) is 54.1 Å². The van der Waals surface area contributed by atoms with E-state index in [9.17, 15) is 5.11 Å². The second-order valence-electron chi connectivity index (χ2n) is 8.00. The zero-order chi connectivity index (χ0) is 23.6. The van der Waals surface area contributed by atoms with Gasteiger partial charge in [-0.05, 0) is 52.0 Å². The van der Waals surface area contributed by atoms with Crippen molar-refractivity contribution in [3.8, 4) is 23.1 Å². The van der Waals surface area contributed by atoms with Gasteiger partial charge in [0.15, 0.2) is 5.82 Å². The maximum atomic E-state index is 10.0. The Hall–Kier alpha value is -2.94. The van der Waals surface area contributed by atoms with Crippen LogP contribution >= 0.6 is 0 Å². The predicted molar refractivity (Wildman–Crippen MR) is 129 cm³/mol. The fourth-order valence-electron chi connectivity index (χ4n) is 3.08. The third-order valence-electron chi connectivity index (χ3n) is 4.84. The van der Waals surface area contributed by atoms with E-state index in [1.165, 1.54) is 5.56 Å². The first kappa shape index (κ1) is 24.7. The molecule has 0 amide bonds. The highest BCUT2D eigenvalue weighted by Gasteiger charge is 2.15. The van der Waals surface area contributed by atoms with E-state index in [2.05, 4.69) is 15.4 Å². The van der Waals surface area contributed by atoms with Crippen molar-refractivity contribution < 1.29 is 19.3 Å². The number of aliphatic hydroxyl groups is 1. The Bertz CT molecular complexity index is 971. The number of nitrogens with zero attached hydrogens (tertiary/aromatic N) is 3. The quantitative estimate of drug-likeness (QED) is 0.379. The van der Waals surface area contributed by atoms with Crippen molar-refractivity contribution in [3.63, 3.8) is 0 Å². The lowest BCUT2D eigenvalue weighted by molar-refractivity contribution is 0.0112. The fourth-order valence-corrected chi connectivity index (χ4v) is 3.08.